The maximum Gasteiger partial charge on any atom is 0.191 e. The van der Waals surface area contributed by atoms with Crippen molar-refractivity contribution in [3.05, 3.63) is 18.7 Å². The van der Waals surface area contributed by atoms with Gasteiger partial charge < -0.3 is 15.2 Å². The Morgan fingerprint density at radius 3 is 2.90 bits per heavy atom. The summed E-state index contributed by atoms with van der Waals surface area (Å²) >= 11 is 0. The minimum absolute atomic E-state index is 0.505. The Hall–Kier alpha value is -1.56. The lowest BCUT2D eigenvalue weighted by molar-refractivity contribution is 0.315. The van der Waals surface area contributed by atoms with E-state index in [2.05, 4.69) is 37.0 Å². The minimum atomic E-state index is 0.505. The standard InChI is InChI=1S/C15H26N6/c1-12-9-21(13-3-4-13)10-14(12)19-15(16-2)18-6-8-20-7-5-17-11-20/h5,7,11-14H,3-4,6,8-10H2,1-2H3,(H2,16,18,19). The van der Waals surface area contributed by atoms with E-state index in [-0.39, 0.29) is 0 Å². The first kappa shape index (κ1) is 14.4. The van der Waals surface area contributed by atoms with Gasteiger partial charge in [-0.2, -0.15) is 0 Å². The van der Waals surface area contributed by atoms with Crippen LogP contribution in [0.5, 0.6) is 0 Å². The number of hydrogen-bond donors (Lipinski definition) is 2. The van der Waals surface area contributed by atoms with Crippen LogP contribution in [0.25, 0.3) is 0 Å². The molecule has 0 amide bonds. The lowest BCUT2D eigenvalue weighted by Gasteiger charge is -2.20. The van der Waals surface area contributed by atoms with Gasteiger partial charge >= 0.3 is 0 Å². The fraction of sp³-hybridized carbons (Fsp3) is 0.733. The first-order chi connectivity index (χ1) is 10.3. The maximum absolute atomic E-state index is 4.34. The maximum atomic E-state index is 4.34. The molecule has 1 aliphatic heterocycles. The van der Waals surface area contributed by atoms with Gasteiger partial charge in [-0.25, -0.2) is 4.98 Å². The molecule has 1 saturated heterocycles. The lowest BCUT2D eigenvalue weighted by Crippen LogP contribution is -2.47. The zero-order valence-electron chi connectivity index (χ0n) is 13.0. The molecule has 2 aliphatic rings. The predicted octanol–water partition coefficient (Wildman–Crippen LogP) is 0.531. The Labute approximate surface area is 126 Å². The smallest absolute Gasteiger partial charge is 0.191 e. The van der Waals surface area contributed by atoms with E-state index in [0.717, 1.165) is 31.6 Å². The van der Waals surface area contributed by atoms with E-state index in [1.165, 1.54) is 19.4 Å². The van der Waals surface area contributed by atoms with Gasteiger partial charge in [-0.3, -0.25) is 9.89 Å². The third-order valence-electron chi connectivity index (χ3n) is 4.47. The van der Waals surface area contributed by atoms with Crippen LogP contribution in [0.3, 0.4) is 0 Å². The summed E-state index contributed by atoms with van der Waals surface area (Å²) < 4.78 is 2.06. The second-order valence-corrected chi connectivity index (χ2v) is 6.21. The van der Waals surface area contributed by atoms with Crippen molar-refractivity contribution >= 4 is 5.96 Å². The van der Waals surface area contributed by atoms with Crippen molar-refractivity contribution < 1.29 is 0 Å². The molecule has 1 aromatic rings. The molecule has 0 spiro atoms. The number of aromatic nitrogens is 2. The van der Waals surface area contributed by atoms with Gasteiger partial charge in [0.15, 0.2) is 5.96 Å². The van der Waals surface area contributed by atoms with Crippen molar-refractivity contribution in [1.29, 1.82) is 0 Å². The first-order valence-electron chi connectivity index (χ1n) is 7.93. The normalized spacial score (nSPS) is 27.0. The highest BCUT2D eigenvalue weighted by atomic mass is 15.3. The van der Waals surface area contributed by atoms with Gasteiger partial charge in [0.2, 0.25) is 0 Å². The number of rotatable bonds is 5. The van der Waals surface area contributed by atoms with Crippen molar-refractivity contribution in [2.75, 3.05) is 26.7 Å². The molecular formula is C15H26N6. The molecule has 116 valence electrons. The van der Waals surface area contributed by atoms with Crippen molar-refractivity contribution in [3.63, 3.8) is 0 Å². The Morgan fingerprint density at radius 2 is 2.24 bits per heavy atom. The van der Waals surface area contributed by atoms with Crippen molar-refractivity contribution in [1.82, 2.24) is 25.1 Å². The molecule has 1 saturated carbocycles. The van der Waals surface area contributed by atoms with E-state index in [4.69, 9.17) is 0 Å². The minimum Gasteiger partial charge on any atom is -0.355 e. The zero-order chi connectivity index (χ0) is 14.7. The summed E-state index contributed by atoms with van der Waals surface area (Å²) in [5, 5.41) is 6.97. The van der Waals surface area contributed by atoms with E-state index in [1.54, 1.807) is 6.20 Å². The highest BCUT2D eigenvalue weighted by Crippen LogP contribution is 2.31. The zero-order valence-corrected chi connectivity index (χ0v) is 13.0. The third kappa shape index (κ3) is 3.75. The van der Waals surface area contributed by atoms with Gasteiger partial charge in [-0.15, -0.1) is 0 Å². The number of imidazole rings is 1. The molecule has 2 unspecified atom stereocenters. The number of nitrogens with zero attached hydrogens (tertiary/aromatic N) is 4. The summed E-state index contributed by atoms with van der Waals surface area (Å²) in [5.41, 5.74) is 0. The van der Waals surface area contributed by atoms with Crippen LogP contribution >= 0.6 is 0 Å². The molecular weight excluding hydrogens is 264 g/mol. The lowest BCUT2D eigenvalue weighted by atomic mass is 10.1. The van der Waals surface area contributed by atoms with Gasteiger partial charge in [0.1, 0.15) is 0 Å². The third-order valence-corrected chi connectivity index (χ3v) is 4.47. The van der Waals surface area contributed by atoms with Crippen LogP contribution in [0.1, 0.15) is 19.8 Å². The summed E-state index contributed by atoms with van der Waals surface area (Å²) in [4.78, 5) is 11.0. The average Bonchev–Trinajstić information content (AvgIpc) is 3.09. The van der Waals surface area contributed by atoms with E-state index >= 15 is 0 Å². The van der Waals surface area contributed by atoms with Gasteiger partial charge in [-0.05, 0) is 18.8 Å². The molecule has 2 N–H and O–H groups in total. The molecule has 2 fully saturated rings. The van der Waals surface area contributed by atoms with Crippen LogP contribution < -0.4 is 10.6 Å². The summed E-state index contributed by atoms with van der Waals surface area (Å²) in [5.74, 6) is 1.59. The SMILES string of the molecule is CN=C(NCCn1ccnc1)NC1CN(C2CC2)CC1C. The average molecular weight is 290 g/mol. The summed E-state index contributed by atoms with van der Waals surface area (Å²) in [6.45, 7) is 6.44. The van der Waals surface area contributed by atoms with E-state index in [1.807, 2.05) is 19.6 Å². The first-order valence-corrected chi connectivity index (χ1v) is 7.93. The van der Waals surface area contributed by atoms with Gasteiger partial charge in [0.25, 0.3) is 0 Å². The molecule has 21 heavy (non-hydrogen) atoms. The molecule has 6 nitrogen and oxygen atoms in total. The van der Waals surface area contributed by atoms with Crippen molar-refractivity contribution in [2.45, 2.75) is 38.4 Å². The number of hydrogen-bond acceptors (Lipinski definition) is 3. The van der Waals surface area contributed by atoms with Crippen LogP contribution in [0, 0.1) is 5.92 Å². The highest BCUT2D eigenvalue weighted by Gasteiger charge is 2.38. The van der Waals surface area contributed by atoms with Crippen LogP contribution in [-0.4, -0.2) is 59.2 Å². The van der Waals surface area contributed by atoms with Gasteiger partial charge in [-0.1, -0.05) is 6.92 Å². The molecule has 2 heterocycles. The van der Waals surface area contributed by atoms with Gasteiger partial charge in [0.05, 0.1) is 6.33 Å². The Bertz CT molecular complexity index is 465. The summed E-state index contributed by atoms with van der Waals surface area (Å²) in [6.07, 6.45) is 8.39. The summed E-state index contributed by atoms with van der Waals surface area (Å²) in [6, 6.07) is 1.36. The topological polar surface area (TPSA) is 57.5 Å². The highest BCUT2D eigenvalue weighted by molar-refractivity contribution is 5.80. The van der Waals surface area contributed by atoms with Crippen LogP contribution in [0.2, 0.25) is 0 Å². The van der Waals surface area contributed by atoms with Gasteiger partial charge in [0, 0.05) is 57.7 Å². The Balaban J connectivity index is 1.43. The predicted molar refractivity (Wildman–Crippen MR) is 84.3 cm³/mol. The number of guanidine groups is 1. The van der Waals surface area contributed by atoms with Crippen LogP contribution in [0.4, 0.5) is 0 Å². The second kappa shape index (κ2) is 6.47. The largest absolute Gasteiger partial charge is 0.355 e. The molecule has 0 radical (unpaired) electrons. The fourth-order valence-corrected chi connectivity index (χ4v) is 3.02. The fourth-order valence-electron chi connectivity index (χ4n) is 3.02. The van der Waals surface area contributed by atoms with E-state index in [9.17, 15) is 0 Å². The second-order valence-electron chi connectivity index (χ2n) is 6.21. The Morgan fingerprint density at radius 1 is 1.38 bits per heavy atom. The molecule has 2 atom stereocenters. The molecule has 6 heteroatoms. The van der Waals surface area contributed by atoms with E-state index in [0.29, 0.717) is 12.0 Å². The Kier molecular flexibility index (Phi) is 4.43. The number of likely N-dealkylation sites (tertiary alicyclic amines) is 1. The van der Waals surface area contributed by atoms with Crippen LogP contribution in [0.15, 0.2) is 23.7 Å². The van der Waals surface area contributed by atoms with Crippen LogP contribution in [-0.2, 0) is 6.54 Å². The quantitative estimate of drug-likeness (QED) is 0.613. The number of nitrogens with one attached hydrogen (secondary N) is 2. The van der Waals surface area contributed by atoms with E-state index < -0.39 is 0 Å². The molecule has 3 rings (SSSR count). The summed E-state index contributed by atoms with van der Waals surface area (Å²) in [7, 11) is 1.84. The number of aliphatic imine (C=N–C) groups is 1. The van der Waals surface area contributed by atoms with Crippen molar-refractivity contribution in [3.8, 4) is 0 Å². The molecule has 1 aliphatic carbocycles. The van der Waals surface area contributed by atoms with Crippen molar-refractivity contribution in [2.24, 2.45) is 10.9 Å². The molecule has 0 bridgehead atoms. The molecule has 0 aromatic carbocycles. The molecule has 1 aromatic heterocycles. The monoisotopic (exact) mass is 290 g/mol.